The van der Waals surface area contributed by atoms with Gasteiger partial charge in [-0.25, -0.2) is 0 Å². The highest BCUT2D eigenvalue weighted by molar-refractivity contribution is 5.75. The van der Waals surface area contributed by atoms with Crippen molar-refractivity contribution in [3.8, 4) is 0 Å². The lowest BCUT2D eigenvalue weighted by atomic mass is 9.60. The van der Waals surface area contributed by atoms with E-state index in [1.165, 1.54) is 43.9 Å². The first-order valence-electron chi connectivity index (χ1n) is 10.5. The third kappa shape index (κ3) is 9.97. The van der Waals surface area contributed by atoms with Gasteiger partial charge in [-0.05, 0) is 37.6 Å². The minimum absolute atomic E-state index is 0.0225. The lowest BCUT2D eigenvalue weighted by molar-refractivity contribution is -0.0980. The molecule has 0 atom stereocenters. The van der Waals surface area contributed by atoms with Gasteiger partial charge in [-0.2, -0.15) is 0 Å². The molecule has 172 valence electrons. The number of likely N-dealkylation sites (N-methyl/N-ethyl adjacent to an activating group) is 1. The van der Waals surface area contributed by atoms with Gasteiger partial charge in [-0.1, -0.05) is 30.3 Å². The molecule has 4 N–H and O–H groups in total. The number of rotatable bonds is 10. The van der Waals surface area contributed by atoms with E-state index in [-0.39, 0.29) is 18.9 Å². The lowest BCUT2D eigenvalue weighted by Gasteiger charge is -2.59. The van der Waals surface area contributed by atoms with Crippen molar-refractivity contribution in [2.75, 3.05) is 46.4 Å². The van der Waals surface area contributed by atoms with E-state index in [0.717, 1.165) is 25.7 Å². The molecule has 8 nitrogen and oxygen atoms in total. The molecule has 3 rings (SSSR count). The molecule has 1 aromatic rings. The molecule has 0 radical (unpaired) electrons. The van der Waals surface area contributed by atoms with Gasteiger partial charge in [-0.3, -0.25) is 14.9 Å². The number of hydrogen-bond donors (Lipinski definition) is 4. The van der Waals surface area contributed by atoms with E-state index >= 15 is 0 Å². The first-order chi connectivity index (χ1) is 15.1. The highest BCUT2D eigenvalue weighted by Gasteiger charge is 2.51. The van der Waals surface area contributed by atoms with E-state index in [0.29, 0.717) is 5.41 Å². The van der Waals surface area contributed by atoms with E-state index in [4.69, 9.17) is 15.0 Å². The van der Waals surface area contributed by atoms with Gasteiger partial charge in [-0.15, -0.1) is 0 Å². The fourth-order valence-corrected chi connectivity index (χ4v) is 3.99. The van der Waals surface area contributed by atoms with Crippen LogP contribution in [-0.2, 0) is 11.3 Å². The maximum atomic E-state index is 8.77. The Morgan fingerprint density at radius 3 is 2.52 bits per heavy atom. The van der Waals surface area contributed by atoms with E-state index in [2.05, 4.69) is 62.6 Å². The first-order valence-corrected chi connectivity index (χ1v) is 10.5. The number of aliphatic hydroxyl groups excluding tert-OH is 2. The lowest BCUT2D eigenvalue weighted by Crippen LogP contribution is -2.65. The summed E-state index contributed by atoms with van der Waals surface area (Å²) < 4.78 is 0. The molecule has 1 spiro atoms. The molecule has 1 saturated carbocycles. The molecule has 1 saturated heterocycles. The zero-order valence-corrected chi connectivity index (χ0v) is 18.5. The second kappa shape index (κ2) is 15.4. The van der Waals surface area contributed by atoms with Crippen molar-refractivity contribution in [1.29, 1.82) is 0 Å². The molecule has 2 aliphatic rings. The standard InChI is InChI=1S/C16H25N3.C6H10N2O2.CH2O/c1-17-7-8-18-15-9-16(10-15)12-19(13-16)11-14-5-3-2-4-6-14;1-7-4-6(10)5-8-2-3-9;1-2/h2-6,15,17-18H,7-13H2,1H3;4-5,9-10H,1-3H2;1H2/b;6-4+,8-5?;. The number of aliphatic hydroxyl groups is 2. The summed E-state index contributed by atoms with van der Waals surface area (Å²) in [5, 5.41) is 23.8. The molecular weight excluding hydrogens is 394 g/mol. The molecule has 31 heavy (non-hydrogen) atoms. The van der Waals surface area contributed by atoms with Gasteiger partial charge in [0.15, 0.2) is 5.76 Å². The van der Waals surface area contributed by atoms with Crippen LogP contribution in [0.25, 0.3) is 0 Å². The molecule has 2 fully saturated rings. The van der Waals surface area contributed by atoms with Gasteiger partial charge in [0.25, 0.3) is 0 Å². The Balaban J connectivity index is 0.000000343. The Kier molecular flexibility index (Phi) is 13.3. The maximum Gasteiger partial charge on any atom is 0.151 e. The normalized spacial score (nSPS) is 17.7. The van der Waals surface area contributed by atoms with Crippen LogP contribution in [0.2, 0.25) is 0 Å². The summed E-state index contributed by atoms with van der Waals surface area (Å²) in [6.07, 6.45) is 5.13. The van der Waals surface area contributed by atoms with Crippen LogP contribution in [0.4, 0.5) is 0 Å². The summed E-state index contributed by atoms with van der Waals surface area (Å²) in [6, 6.07) is 11.6. The highest BCUT2D eigenvalue weighted by Crippen LogP contribution is 2.48. The van der Waals surface area contributed by atoms with Crippen LogP contribution in [0, 0.1) is 5.41 Å². The number of carbonyl (C=O) groups excluding carboxylic acids is 1. The molecule has 0 aromatic heterocycles. The summed E-state index contributed by atoms with van der Waals surface area (Å²) in [5.74, 6) is -0.0662. The number of carbonyl (C=O) groups is 1. The van der Waals surface area contributed by atoms with Crippen molar-refractivity contribution < 1.29 is 15.0 Å². The van der Waals surface area contributed by atoms with Crippen molar-refractivity contribution in [3.05, 3.63) is 47.9 Å². The Hall–Kier alpha value is -2.39. The average Bonchev–Trinajstić information content (AvgIpc) is 2.73. The molecule has 1 aromatic carbocycles. The second-order valence-corrected chi connectivity index (χ2v) is 7.79. The fraction of sp³-hybridized carbons (Fsp3) is 0.522. The van der Waals surface area contributed by atoms with E-state index in [1.807, 2.05) is 13.8 Å². The molecule has 8 heteroatoms. The topological polar surface area (TPSA) is 110 Å². The van der Waals surface area contributed by atoms with Gasteiger partial charge >= 0.3 is 0 Å². The average molecular weight is 432 g/mol. The van der Waals surface area contributed by atoms with Crippen molar-refractivity contribution in [2.45, 2.75) is 25.4 Å². The van der Waals surface area contributed by atoms with Crippen LogP contribution < -0.4 is 10.6 Å². The predicted octanol–water partition coefficient (Wildman–Crippen LogP) is 1.42. The quantitative estimate of drug-likeness (QED) is 0.253. The van der Waals surface area contributed by atoms with Crippen LogP contribution in [0.5, 0.6) is 0 Å². The molecule has 1 heterocycles. The Morgan fingerprint density at radius 1 is 1.26 bits per heavy atom. The van der Waals surface area contributed by atoms with Crippen molar-refractivity contribution >= 4 is 19.7 Å². The number of nitrogens with one attached hydrogen (secondary N) is 2. The third-order valence-corrected chi connectivity index (χ3v) is 5.21. The highest BCUT2D eigenvalue weighted by atomic mass is 16.3. The van der Waals surface area contributed by atoms with Crippen LogP contribution in [-0.4, -0.2) is 87.3 Å². The van der Waals surface area contributed by atoms with Crippen molar-refractivity contribution in [3.63, 3.8) is 0 Å². The zero-order chi connectivity index (χ0) is 23.0. The molecule has 1 aliphatic heterocycles. The van der Waals surface area contributed by atoms with Gasteiger partial charge < -0.3 is 25.6 Å². The molecular formula is C23H37N5O3. The van der Waals surface area contributed by atoms with Crippen LogP contribution in [0.3, 0.4) is 0 Å². The maximum absolute atomic E-state index is 8.77. The van der Waals surface area contributed by atoms with Crippen molar-refractivity contribution in [1.82, 2.24) is 15.5 Å². The Morgan fingerprint density at radius 2 is 1.94 bits per heavy atom. The van der Waals surface area contributed by atoms with Crippen LogP contribution >= 0.6 is 0 Å². The summed E-state index contributed by atoms with van der Waals surface area (Å²) in [7, 11) is 2.01. The minimum Gasteiger partial charge on any atom is -0.505 e. The third-order valence-electron chi connectivity index (χ3n) is 5.21. The largest absolute Gasteiger partial charge is 0.505 e. The first kappa shape index (κ1) is 26.6. The van der Waals surface area contributed by atoms with Crippen LogP contribution in [0.15, 0.2) is 52.3 Å². The summed E-state index contributed by atoms with van der Waals surface area (Å²) in [6.45, 7) is 11.3. The molecule has 0 unspecified atom stereocenters. The predicted molar refractivity (Wildman–Crippen MR) is 127 cm³/mol. The Bertz CT molecular complexity index is 667. The fourth-order valence-electron chi connectivity index (χ4n) is 3.99. The number of nitrogens with zero attached hydrogens (tertiary/aromatic N) is 3. The molecule has 0 bridgehead atoms. The number of aliphatic imine (C=N–C) groups is 2. The molecule has 0 amide bonds. The molecule has 1 aliphatic carbocycles. The van der Waals surface area contributed by atoms with E-state index < -0.39 is 0 Å². The van der Waals surface area contributed by atoms with Gasteiger partial charge in [0.1, 0.15) is 6.79 Å². The zero-order valence-electron chi connectivity index (χ0n) is 18.5. The number of benzene rings is 1. The van der Waals surface area contributed by atoms with Gasteiger partial charge in [0, 0.05) is 38.8 Å². The van der Waals surface area contributed by atoms with Gasteiger partial charge in [0.2, 0.25) is 0 Å². The summed E-state index contributed by atoms with van der Waals surface area (Å²) in [5.41, 5.74) is 2.10. The Labute approximate surface area is 185 Å². The number of likely N-dealkylation sites (tertiary alicyclic amines) is 1. The van der Waals surface area contributed by atoms with Gasteiger partial charge in [0.05, 0.1) is 25.6 Å². The van der Waals surface area contributed by atoms with E-state index in [1.54, 1.807) is 0 Å². The van der Waals surface area contributed by atoms with Crippen LogP contribution in [0.1, 0.15) is 18.4 Å². The monoisotopic (exact) mass is 431 g/mol. The second-order valence-electron chi connectivity index (χ2n) is 7.79. The summed E-state index contributed by atoms with van der Waals surface area (Å²) >= 11 is 0. The van der Waals surface area contributed by atoms with E-state index in [9.17, 15) is 0 Å². The van der Waals surface area contributed by atoms with Crippen molar-refractivity contribution in [2.24, 2.45) is 15.4 Å². The number of hydrogen-bond acceptors (Lipinski definition) is 8. The summed E-state index contributed by atoms with van der Waals surface area (Å²) in [4.78, 5) is 17.5. The minimum atomic E-state index is -0.0662. The smallest absolute Gasteiger partial charge is 0.151 e. The number of allylic oxidation sites excluding steroid dienone is 1. The SMILES string of the molecule is C=N/C=C(/O)C=NCCO.C=O.CNCCNC1CC2(C1)CN(Cc1ccccc1)C2.